The molecule has 46 heavy (non-hydrogen) atoms. The zero-order chi connectivity index (χ0) is 33.6. The van der Waals surface area contributed by atoms with E-state index in [1.165, 1.54) is 18.2 Å². The molecule has 0 spiro atoms. The van der Waals surface area contributed by atoms with E-state index in [4.69, 9.17) is 10.2 Å². The van der Waals surface area contributed by atoms with Crippen LogP contribution in [0.4, 0.5) is 22.0 Å². The molecule has 0 amide bonds. The topological polar surface area (TPSA) is 164 Å². The second-order valence-corrected chi connectivity index (χ2v) is 11.1. The molecule has 0 aliphatic carbocycles. The van der Waals surface area contributed by atoms with E-state index in [1.54, 1.807) is 24.5 Å². The second-order valence-electron chi connectivity index (χ2n) is 9.38. The number of pyridine rings is 1. The molecule has 0 aliphatic rings. The van der Waals surface area contributed by atoms with E-state index in [-0.39, 0.29) is 33.9 Å². The van der Waals surface area contributed by atoms with Crippen molar-refractivity contribution in [3.8, 4) is 11.3 Å². The van der Waals surface area contributed by atoms with Crippen LogP contribution in [-0.4, -0.2) is 56.7 Å². The Labute approximate surface area is 257 Å². The molecule has 0 atom stereocenters. The van der Waals surface area contributed by atoms with Gasteiger partial charge < -0.3 is 10.2 Å². The van der Waals surface area contributed by atoms with Gasteiger partial charge in [0.1, 0.15) is 11.3 Å². The fourth-order valence-corrected chi connectivity index (χ4v) is 5.11. The molecule has 3 heterocycles. The highest BCUT2D eigenvalue weighted by atomic mass is 32.2. The van der Waals surface area contributed by atoms with E-state index in [1.807, 2.05) is 0 Å². The SMILES string of the molecule is O=C(O)c1cccc(S(=O)(=O)NCCc2ccncc2)c1.O=C(O)c1cnn2c(C(F)F)cc(-c3ccc(C(F)(F)F)cc3)nc12. The van der Waals surface area contributed by atoms with Gasteiger partial charge in [-0.2, -0.15) is 18.3 Å². The summed E-state index contributed by atoms with van der Waals surface area (Å²) in [7, 11) is -3.72. The molecule has 0 radical (unpaired) electrons. The molecule has 11 nitrogen and oxygen atoms in total. The molecule has 0 bridgehead atoms. The van der Waals surface area contributed by atoms with Gasteiger partial charge in [0.2, 0.25) is 10.0 Å². The smallest absolute Gasteiger partial charge is 0.416 e. The van der Waals surface area contributed by atoms with Crippen molar-refractivity contribution >= 4 is 27.6 Å². The first-order valence-electron chi connectivity index (χ1n) is 13.0. The molecule has 3 aromatic heterocycles. The third kappa shape index (κ3) is 8.05. The maximum atomic E-state index is 13.2. The molecule has 0 unspecified atom stereocenters. The monoisotopic (exact) mass is 663 g/mol. The first-order chi connectivity index (χ1) is 21.7. The lowest BCUT2D eigenvalue weighted by Crippen LogP contribution is -2.26. The van der Waals surface area contributed by atoms with Crippen molar-refractivity contribution in [2.75, 3.05) is 6.54 Å². The maximum absolute atomic E-state index is 13.2. The number of aromatic nitrogens is 4. The molecule has 0 saturated carbocycles. The van der Waals surface area contributed by atoms with Gasteiger partial charge in [-0.1, -0.05) is 18.2 Å². The highest BCUT2D eigenvalue weighted by molar-refractivity contribution is 7.89. The molecule has 0 fully saturated rings. The standard InChI is InChI=1S/C15H8F5N3O2.C14H14N2O4S/c16-12(17)11-5-10(7-1-3-8(4-2-7)15(18,19)20)22-13-9(14(24)25)6-21-23(11)13;17-14(18)12-2-1-3-13(10-12)21(19,20)16-9-6-11-4-7-15-8-5-11/h1-6,12H,(H,24,25);1-5,7-8,10,16H,6,9H2,(H,17,18). The predicted octanol–water partition coefficient (Wildman–Crippen LogP) is 5.35. The minimum atomic E-state index is -4.54. The molecule has 5 aromatic rings. The summed E-state index contributed by atoms with van der Waals surface area (Å²) in [5.74, 6) is -2.57. The first kappa shape index (κ1) is 33.6. The number of carboxylic acid groups (broad SMARTS) is 2. The summed E-state index contributed by atoms with van der Waals surface area (Å²) >= 11 is 0. The van der Waals surface area contributed by atoms with Gasteiger partial charge in [-0.05, 0) is 60.5 Å². The third-order valence-corrected chi connectivity index (χ3v) is 7.77. The van der Waals surface area contributed by atoms with Crippen LogP contribution in [0.2, 0.25) is 0 Å². The Morgan fingerprint density at radius 1 is 0.935 bits per heavy atom. The second kappa shape index (κ2) is 13.8. The number of rotatable bonds is 9. The fraction of sp³-hybridized carbons (Fsp3) is 0.138. The van der Waals surface area contributed by atoms with Gasteiger partial charge in [0.25, 0.3) is 6.43 Å². The average Bonchev–Trinajstić information content (AvgIpc) is 3.45. The number of nitrogens with one attached hydrogen (secondary N) is 1. The number of carbonyl (C=O) groups is 2. The summed E-state index contributed by atoms with van der Waals surface area (Å²) in [6, 6.07) is 13.5. The Balaban J connectivity index is 0.000000212. The van der Waals surface area contributed by atoms with Gasteiger partial charge in [0.05, 0.1) is 27.9 Å². The Morgan fingerprint density at radius 3 is 2.20 bits per heavy atom. The summed E-state index contributed by atoms with van der Waals surface area (Å²) in [5.41, 5.74) is -1.28. The Bertz CT molecular complexity index is 1970. The zero-order valence-electron chi connectivity index (χ0n) is 23.2. The predicted molar refractivity (Wildman–Crippen MR) is 152 cm³/mol. The number of aromatic carboxylic acids is 2. The van der Waals surface area contributed by atoms with Crippen molar-refractivity contribution in [3.63, 3.8) is 0 Å². The van der Waals surface area contributed by atoms with E-state index in [0.717, 1.165) is 48.2 Å². The normalized spacial score (nSPS) is 11.7. The van der Waals surface area contributed by atoms with Gasteiger partial charge in [-0.15, -0.1) is 0 Å². The Kier molecular flexibility index (Phi) is 10.1. The van der Waals surface area contributed by atoms with Crippen molar-refractivity contribution in [2.45, 2.75) is 23.9 Å². The van der Waals surface area contributed by atoms with Crippen LogP contribution in [0.25, 0.3) is 16.9 Å². The molecule has 5 rings (SSSR count). The lowest BCUT2D eigenvalue weighted by molar-refractivity contribution is -0.137. The average molecular weight is 664 g/mol. The summed E-state index contributed by atoms with van der Waals surface area (Å²) < 4.78 is 91.6. The minimum Gasteiger partial charge on any atom is -0.478 e. The van der Waals surface area contributed by atoms with E-state index < -0.39 is 51.4 Å². The lowest BCUT2D eigenvalue weighted by atomic mass is 10.1. The number of halogens is 5. The minimum absolute atomic E-state index is 0.0582. The molecule has 3 N–H and O–H groups in total. The van der Waals surface area contributed by atoms with E-state index >= 15 is 0 Å². The van der Waals surface area contributed by atoms with E-state index in [9.17, 15) is 40.0 Å². The molecular weight excluding hydrogens is 641 g/mol. The first-order valence-corrected chi connectivity index (χ1v) is 14.5. The van der Waals surface area contributed by atoms with Crippen LogP contribution in [0, 0.1) is 0 Å². The molecule has 0 saturated heterocycles. The van der Waals surface area contributed by atoms with Gasteiger partial charge in [-0.3, -0.25) is 4.98 Å². The molecule has 17 heteroatoms. The number of benzene rings is 2. The lowest BCUT2D eigenvalue weighted by Gasteiger charge is -2.10. The summed E-state index contributed by atoms with van der Waals surface area (Å²) in [6.07, 6.45) is -2.83. The number of alkyl halides is 5. The van der Waals surface area contributed by atoms with Crippen molar-refractivity contribution in [1.29, 1.82) is 0 Å². The van der Waals surface area contributed by atoms with Gasteiger partial charge in [0, 0.05) is 24.5 Å². The van der Waals surface area contributed by atoms with Gasteiger partial charge in [0.15, 0.2) is 5.65 Å². The van der Waals surface area contributed by atoms with Crippen LogP contribution in [0.1, 0.15) is 44.0 Å². The largest absolute Gasteiger partial charge is 0.478 e. The van der Waals surface area contributed by atoms with Crippen LogP contribution < -0.4 is 4.72 Å². The Hall–Kier alpha value is -5.29. The number of sulfonamides is 1. The number of fused-ring (bicyclic) bond motifs is 1. The Morgan fingerprint density at radius 2 is 1.61 bits per heavy atom. The quantitative estimate of drug-likeness (QED) is 0.176. The van der Waals surface area contributed by atoms with Crippen LogP contribution >= 0.6 is 0 Å². The highest BCUT2D eigenvalue weighted by Crippen LogP contribution is 2.32. The number of nitrogens with zero attached hydrogens (tertiary/aromatic N) is 4. The summed E-state index contributed by atoms with van der Waals surface area (Å²) in [4.78, 5) is 29.8. The molecule has 240 valence electrons. The van der Waals surface area contributed by atoms with Gasteiger partial charge in [-0.25, -0.2) is 41.0 Å². The third-order valence-electron chi connectivity index (χ3n) is 6.31. The summed E-state index contributed by atoms with van der Waals surface area (Å²) in [5, 5.41) is 21.5. The van der Waals surface area contributed by atoms with Crippen molar-refractivity contribution < 1.29 is 50.2 Å². The molecule has 2 aromatic carbocycles. The summed E-state index contributed by atoms with van der Waals surface area (Å²) in [6.45, 7) is 0.226. The fourth-order valence-electron chi connectivity index (χ4n) is 4.03. The number of hydrogen-bond acceptors (Lipinski definition) is 7. The van der Waals surface area contributed by atoms with Gasteiger partial charge >= 0.3 is 18.1 Å². The van der Waals surface area contributed by atoms with Crippen LogP contribution in [-0.2, 0) is 22.6 Å². The maximum Gasteiger partial charge on any atom is 0.416 e. The van der Waals surface area contributed by atoms with E-state index in [2.05, 4.69) is 19.8 Å². The van der Waals surface area contributed by atoms with Crippen LogP contribution in [0.15, 0.2) is 90.2 Å². The molecular formula is C29H22F5N5O6S. The van der Waals surface area contributed by atoms with Crippen molar-refractivity contribution in [3.05, 3.63) is 113 Å². The number of carboxylic acids is 2. The zero-order valence-corrected chi connectivity index (χ0v) is 24.0. The van der Waals surface area contributed by atoms with Crippen molar-refractivity contribution in [1.82, 2.24) is 24.3 Å². The highest BCUT2D eigenvalue weighted by Gasteiger charge is 2.30. The van der Waals surface area contributed by atoms with E-state index in [0.29, 0.717) is 10.9 Å². The molecule has 0 aliphatic heterocycles. The number of hydrogen-bond donors (Lipinski definition) is 3. The van der Waals surface area contributed by atoms with Crippen molar-refractivity contribution in [2.24, 2.45) is 0 Å². The van der Waals surface area contributed by atoms with Crippen LogP contribution in [0.5, 0.6) is 0 Å². The van der Waals surface area contributed by atoms with Crippen LogP contribution in [0.3, 0.4) is 0 Å².